The standard InChI is InChI=1S/C21H28O5/c1-13-10-16-7-6-15-4-3-5-19(23)20(15)21(24)26-18(12-14(2)22)9-8-17(11-13)25-16/h3-5,13,16-18,23H,6-12H2,1-2H3/t13?,16?,17-,18?/m0/s1. The lowest BCUT2D eigenvalue weighted by molar-refractivity contribution is -0.119. The first-order valence-electron chi connectivity index (χ1n) is 9.59. The van der Waals surface area contributed by atoms with Gasteiger partial charge in [-0.05, 0) is 63.0 Å². The number of hydrogen-bond acceptors (Lipinski definition) is 5. The SMILES string of the molecule is CC(=O)CC1CC[C@H]2CC(C)CC(CCc3cccc(O)c3C(=O)O1)O2. The van der Waals surface area contributed by atoms with Crippen molar-refractivity contribution in [1.29, 1.82) is 0 Å². The van der Waals surface area contributed by atoms with Crippen molar-refractivity contribution in [2.24, 2.45) is 5.92 Å². The molecule has 4 atom stereocenters. The number of fused-ring (bicyclic) bond motifs is 3. The number of carbonyl (C=O) groups is 2. The molecule has 1 fully saturated rings. The summed E-state index contributed by atoms with van der Waals surface area (Å²) in [5, 5.41) is 10.2. The highest BCUT2D eigenvalue weighted by atomic mass is 16.5. The monoisotopic (exact) mass is 360 g/mol. The summed E-state index contributed by atoms with van der Waals surface area (Å²) in [6.45, 7) is 3.76. The summed E-state index contributed by atoms with van der Waals surface area (Å²) in [6, 6.07) is 5.10. The average Bonchev–Trinajstić information content (AvgIpc) is 2.56. The summed E-state index contributed by atoms with van der Waals surface area (Å²) >= 11 is 0. The Morgan fingerprint density at radius 1 is 1.19 bits per heavy atom. The van der Waals surface area contributed by atoms with Gasteiger partial charge in [-0.3, -0.25) is 4.79 Å². The van der Waals surface area contributed by atoms with Crippen LogP contribution in [0.4, 0.5) is 0 Å². The number of phenolic OH excluding ortho intramolecular Hbond substituents is 1. The Kier molecular flexibility index (Phi) is 5.97. The van der Waals surface area contributed by atoms with Gasteiger partial charge in [-0.1, -0.05) is 19.1 Å². The number of carbonyl (C=O) groups excluding carboxylic acids is 2. The molecule has 3 unspecified atom stereocenters. The Bertz CT molecular complexity index is 668. The van der Waals surface area contributed by atoms with E-state index in [1.165, 1.54) is 13.0 Å². The number of hydrogen-bond donors (Lipinski definition) is 1. The van der Waals surface area contributed by atoms with Crippen molar-refractivity contribution in [3.05, 3.63) is 29.3 Å². The molecule has 3 rings (SSSR count). The van der Waals surface area contributed by atoms with Gasteiger partial charge >= 0.3 is 5.97 Å². The van der Waals surface area contributed by atoms with Crippen molar-refractivity contribution in [3.8, 4) is 5.75 Å². The van der Waals surface area contributed by atoms with E-state index in [0.29, 0.717) is 18.8 Å². The number of rotatable bonds is 2. The van der Waals surface area contributed by atoms with E-state index in [9.17, 15) is 14.7 Å². The minimum atomic E-state index is -0.538. The van der Waals surface area contributed by atoms with Gasteiger partial charge in [-0.25, -0.2) is 4.79 Å². The lowest BCUT2D eigenvalue weighted by atomic mass is 9.88. The third-order valence-electron chi connectivity index (χ3n) is 5.38. The zero-order valence-corrected chi connectivity index (χ0v) is 15.6. The molecular formula is C21H28O5. The molecule has 1 saturated heterocycles. The fourth-order valence-electron chi connectivity index (χ4n) is 4.20. The maximum atomic E-state index is 12.7. The molecule has 5 heteroatoms. The topological polar surface area (TPSA) is 72.8 Å². The van der Waals surface area contributed by atoms with Crippen molar-refractivity contribution in [3.63, 3.8) is 0 Å². The van der Waals surface area contributed by atoms with Crippen LogP contribution >= 0.6 is 0 Å². The lowest BCUT2D eigenvalue weighted by Gasteiger charge is -2.35. The van der Waals surface area contributed by atoms with Crippen LogP contribution in [0.3, 0.4) is 0 Å². The van der Waals surface area contributed by atoms with Gasteiger partial charge in [0.2, 0.25) is 0 Å². The van der Waals surface area contributed by atoms with Crippen LogP contribution in [0.2, 0.25) is 0 Å². The molecule has 2 bridgehead atoms. The van der Waals surface area contributed by atoms with E-state index in [2.05, 4.69) is 6.92 Å². The molecule has 1 aromatic carbocycles. The first-order valence-corrected chi connectivity index (χ1v) is 9.59. The van der Waals surface area contributed by atoms with E-state index in [1.54, 1.807) is 6.07 Å². The fourth-order valence-corrected chi connectivity index (χ4v) is 4.20. The highest BCUT2D eigenvalue weighted by Gasteiger charge is 2.30. The number of benzene rings is 1. The number of aryl methyl sites for hydroxylation is 1. The predicted octanol–water partition coefficient (Wildman–Crippen LogP) is 3.81. The van der Waals surface area contributed by atoms with Gasteiger partial charge in [0.15, 0.2) is 0 Å². The number of ether oxygens (including phenoxy) is 2. The van der Waals surface area contributed by atoms with Gasteiger partial charge in [0.1, 0.15) is 23.2 Å². The van der Waals surface area contributed by atoms with Crippen LogP contribution in [-0.4, -0.2) is 35.2 Å². The summed E-state index contributed by atoms with van der Waals surface area (Å²) in [5.41, 5.74) is 0.998. The Hall–Kier alpha value is -1.88. The second-order valence-electron chi connectivity index (χ2n) is 7.82. The number of ketones is 1. The van der Waals surface area contributed by atoms with E-state index in [4.69, 9.17) is 9.47 Å². The molecule has 142 valence electrons. The van der Waals surface area contributed by atoms with Crippen molar-refractivity contribution in [2.75, 3.05) is 0 Å². The van der Waals surface area contributed by atoms with E-state index >= 15 is 0 Å². The Balaban J connectivity index is 1.90. The van der Waals surface area contributed by atoms with Crippen molar-refractivity contribution in [1.82, 2.24) is 0 Å². The minimum Gasteiger partial charge on any atom is -0.507 e. The van der Waals surface area contributed by atoms with Crippen molar-refractivity contribution >= 4 is 11.8 Å². The molecule has 0 radical (unpaired) electrons. The Morgan fingerprint density at radius 2 is 1.92 bits per heavy atom. The van der Waals surface area contributed by atoms with Crippen LogP contribution in [0, 0.1) is 5.92 Å². The maximum Gasteiger partial charge on any atom is 0.342 e. The van der Waals surface area contributed by atoms with Gasteiger partial charge in [-0.2, -0.15) is 0 Å². The third-order valence-corrected chi connectivity index (χ3v) is 5.38. The lowest BCUT2D eigenvalue weighted by Crippen LogP contribution is -2.34. The molecule has 2 heterocycles. The number of cyclic esters (lactones) is 1. The first kappa shape index (κ1) is 18.9. The number of aromatic hydroxyl groups is 1. The van der Waals surface area contributed by atoms with Gasteiger partial charge in [-0.15, -0.1) is 0 Å². The number of phenols is 1. The predicted molar refractivity (Wildman–Crippen MR) is 97.2 cm³/mol. The van der Waals surface area contributed by atoms with Crippen molar-refractivity contribution < 1.29 is 24.2 Å². The summed E-state index contributed by atoms with van der Waals surface area (Å²) in [6.07, 6.45) is 4.91. The average molecular weight is 360 g/mol. The molecule has 26 heavy (non-hydrogen) atoms. The van der Waals surface area contributed by atoms with Crippen LogP contribution in [0.15, 0.2) is 18.2 Å². The summed E-state index contributed by atoms with van der Waals surface area (Å²) in [7, 11) is 0. The summed E-state index contributed by atoms with van der Waals surface area (Å²) in [4.78, 5) is 24.3. The molecule has 0 aromatic heterocycles. The molecule has 0 amide bonds. The van der Waals surface area contributed by atoms with E-state index in [-0.39, 0.29) is 35.7 Å². The smallest absolute Gasteiger partial charge is 0.342 e. The number of Topliss-reactive ketones (excluding diaryl/α,β-unsaturated/α-hetero) is 1. The molecule has 2 aliphatic rings. The van der Waals surface area contributed by atoms with Crippen LogP contribution in [0.1, 0.15) is 68.3 Å². The molecule has 5 nitrogen and oxygen atoms in total. The van der Waals surface area contributed by atoms with Crippen LogP contribution in [0.25, 0.3) is 0 Å². The minimum absolute atomic E-state index is 0.0109. The van der Waals surface area contributed by atoms with Gasteiger partial charge in [0.05, 0.1) is 12.2 Å². The second kappa shape index (κ2) is 8.21. The molecule has 0 spiro atoms. The fraction of sp³-hybridized carbons (Fsp3) is 0.619. The van der Waals surface area contributed by atoms with Crippen molar-refractivity contribution in [2.45, 2.75) is 77.1 Å². The van der Waals surface area contributed by atoms with E-state index in [0.717, 1.165) is 31.2 Å². The zero-order chi connectivity index (χ0) is 18.7. The van der Waals surface area contributed by atoms with Crippen LogP contribution < -0.4 is 0 Å². The molecule has 0 aliphatic carbocycles. The van der Waals surface area contributed by atoms with Gasteiger partial charge in [0, 0.05) is 6.42 Å². The molecular weight excluding hydrogens is 332 g/mol. The third kappa shape index (κ3) is 4.64. The number of esters is 1. The Labute approximate surface area is 154 Å². The maximum absolute atomic E-state index is 12.7. The highest BCUT2D eigenvalue weighted by Crippen LogP contribution is 2.32. The van der Waals surface area contributed by atoms with E-state index in [1.807, 2.05) is 6.07 Å². The summed E-state index contributed by atoms with van der Waals surface area (Å²) < 4.78 is 11.9. The normalized spacial score (nSPS) is 29.7. The second-order valence-corrected chi connectivity index (χ2v) is 7.82. The summed E-state index contributed by atoms with van der Waals surface area (Å²) in [5.74, 6) is -0.0198. The first-order chi connectivity index (χ1) is 12.4. The van der Waals surface area contributed by atoms with Crippen LogP contribution in [-0.2, 0) is 20.7 Å². The quantitative estimate of drug-likeness (QED) is 0.812. The van der Waals surface area contributed by atoms with Crippen LogP contribution in [0.5, 0.6) is 5.75 Å². The molecule has 1 aromatic rings. The molecule has 0 saturated carbocycles. The van der Waals surface area contributed by atoms with E-state index < -0.39 is 12.1 Å². The highest BCUT2D eigenvalue weighted by molar-refractivity contribution is 5.94. The largest absolute Gasteiger partial charge is 0.507 e. The molecule has 1 N–H and O–H groups in total. The van der Waals surface area contributed by atoms with Gasteiger partial charge in [0.25, 0.3) is 0 Å². The van der Waals surface area contributed by atoms with Gasteiger partial charge < -0.3 is 14.6 Å². The zero-order valence-electron chi connectivity index (χ0n) is 15.6. The molecule has 2 aliphatic heterocycles. The Morgan fingerprint density at radius 3 is 2.65 bits per heavy atom.